The number of carbonyl (C=O) groups excluding carboxylic acids is 1. The summed E-state index contributed by atoms with van der Waals surface area (Å²) in [5.74, 6) is 1.33. The predicted octanol–water partition coefficient (Wildman–Crippen LogP) is 2.59. The number of urea groups is 1. The fraction of sp³-hybridized carbons (Fsp3) is 0.611. The lowest BCUT2D eigenvalue weighted by Crippen LogP contribution is -2.46. The Morgan fingerprint density at radius 1 is 1.30 bits per heavy atom. The van der Waals surface area contributed by atoms with Gasteiger partial charge in [0.1, 0.15) is 0 Å². The summed E-state index contributed by atoms with van der Waals surface area (Å²) in [7, 11) is 4.01. The zero-order valence-electron chi connectivity index (χ0n) is 14.2. The molecule has 2 aliphatic carbocycles. The highest BCUT2D eigenvalue weighted by molar-refractivity contribution is 5.90. The van der Waals surface area contributed by atoms with Crippen LogP contribution in [-0.4, -0.2) is 37.9 Å². The number of carbonyl (C=O) groups is 1. The Morgan fingerprint density at radius 2 is 2.04 bits per heavy atom. The van der Waals surface area contributed by atoms with Crippen molar-refractivity contribution in [1.82, 2.24) is 5.32 Å². The van der Waals surface area contributed by atoms with Gasteiger partial charge in [0, 0.05) is 44.0 Å². The monoisotopic (exact) mass is 317 g/mol. The van der Waals surface area contributed by atoms with E-state index >= 15 is 0 Å². The predicted molar refractivity (Wildman–Crippen MR) is 92.9 cm³/mol. The lowest BCUT2D eigenvalue weighted by atomic mass is 9.85. The van der Waals surface area contributed by atoms with Crippen LogP contribution in [0.5, 0.6) is 0 Å². The summed E-state index contributed by atoms with van der Waals surface area (Å²) in [6, 6.07) is 5.86. The van der Waals surface area contributed by atoms with E-state index in [1.54, 1.807) is 0 Å². The van der Waals surface area contributed by atoms with E-state index in [4.69, 9.17) is 0 Å². The molecule has 1 aromatic rings. The molecule has 126 valence electrons. The molecule has 4 atom stereocenters. The average Bonchev–Trinajstić information content (AvgIpc) is 3.07. The normalized spacial score (nSPS) is 28.7. The molecule has 0 heterocycles. The van der Waals surface area contributed by atoms with Gasteiger partial charge in [-0.25, -0.2) is 4.79 Å². The number of rotatable bonds is 4. The lowest BCUT2D eigenvalue weighted by Gasteiger charge is -2.30. The molecule has 2 aliphatic rings. The molecule has 0 radical (unpaired) electrons. The number of amides is 2. The number of aliphatic hydroxyl groups excluding tert-OH is 1. The van der Waals surface area contributed by atoms with Crippen molar-refractivity contribution < 1.29 is 9.90 Å². The van der Waals surface area contributed by atoms with E-state index in [-0.39, 0.29) is 24.6 Å². The van der Waals surface area contributed by atoms with Gasteiger partial charge >= 0.3 is 6.03 Å². The van der Waals surface area contributed by atoms with Crippen LogP contribution in [0, 0.1) is 24.7 Å². The number of nitrogens with one attached hydrogen (secondary N) is 2. The van der Waals surface area contributed by atoms with Crippen molar-refractivity contribution in [2.24, 2.45) is 17.8 Å². The molecule has 3 rings (SSSR count). The van der Waals surface area contributed by atoms with E-state index in [9.17, 15) is 9.90 Å². The Balaban J connectivity index is 1.62. The number of nitrogens with zero attached hydrogens (tertiary/aromatic N) is 1. The minimum atomic E-state index is -0.169. The highest BCUT2D eigenvalue weighted by Gasteiger charge is 2.47. The smallest absolute Gasteiger partial charge is 0.319 e. The highest BCUT2D eigenvalue weighted by atomic mass is 16.3. The number of anilines is 2. The van der Waals surface area contributed by atoms with Crippen LogP contribution in [0.25, 0.3) is 0 Å². The molecular formula is C18H27N3O2. The van der Waals surface area contributed by atoms with Crippen molar-refractivity contribution in [3.8, 4) is 0 Å². The summed E-state index contributed by atoms with van der Waals surface area (Å²) in [5, 5.41) is 15.6. The topological polar surface area (TPSA) is 64.6 Å². The van der Waals surface area contributed by atoms with E-state index in [1.807, 2.05) is 39.2 Å². The first kappa shape index (κ1) is 16.1. The minimum Gasteiger partial charge on any atom is -0.396 e. The van der Waals surface area contributed by atoms with Crippen molar-refractivity contribution in [3.05, 3.63) is 23.8 Å². The fourth-order valence-electron chi connectivity index (χ4n) is 4.45. The summed E-state index contributed by atoms with van der Waals surface area (Å²) in [4.78, 5) is 14.4. The van der Waals surface area contributed by atoms with E-state index in [0.717, 1.165) is 23.4 Å². The lowest BCUT2D eigenvalue weighted by molar-refractivity contribution is 0.146. The van der Waals surface area contributed by atoms with Crippen LogP contribution in [0.3, 0.4) is 0 Å². The van der Waals surface area contributed by atoms with Gasteiger partial charge in [-0.1, -0.05) is 0 Å². The van der Waals surface area contributed by atoms with Crippen LogP contribution >= 0.6 is 0 Å². The summed E-state index contributed by atoms with van der Waals surface area (Å²) in [6.07, 6.45) is 3.51. The third-order valence-corrected chi connectivity index (χ3v) is 5.53. The molecule has 5 nitrogen and oxygen atoms in total. The van der Waals surface area contributed by atoms with Crippen molar-refractivity contribution >= 4 is 17.4 Å². The Labute approximate surface area is 138 Å². The van der Waals surface area contributed by atoms with E-state index in [0.29, 0.717) is 11.8 Å². The van der Waals surface area contributed by atoms with E-state index in [2.05, 4.69) is 15.5 Å². The van der Waals surface area contributed by atoms with Gasteiger partial charge in [-0.2, -0.15) is 0 Å². The number of benzene rings is 1. The van der Waals surface area contributed by atoms with E-state index < -0.39 is 0 Å². The molecule has 0 spiro atoms. The first-order valence-corrected chi connectivity index (χ1v) is 8.46. The SMILES string of the molecule is Cc1cc(NC(=O)NC2C3CCC(C3)C2CO)ccc1N(C)C. The average molecular weight is 317 g/mol. The number of aliphatic hydroxyl groups is 1. The second kappa shape index (κ2) is 6.40. The van der Waals surface area contributed by atoms with Crippen LogP contribution < -0.4 is 15.5 Å². The maximum Gasteiger partial charge on any atom is 0.319 e. The van der Waals surface area contributed by atoms with Gasteiger partial charge in [-0.15, -0.1) is 0 Å². The molecule has 2 fully saturated rings. The highest BCUT2D eigenvalue weighted by Crippen LogP contribution is 2.48. The number of aryl methyl sites for hydroxylation is 1. The molecule has 2 amide bonds. The van der Waals surface area contributed by atoms with Crippen molar-refractivity contribution in [3.63, 3.8) is 0 Å². The van der Waals surface area contributed by atoms with Gasteiger partial charge in [0.2, 0.25) is 0 Å². The number of hydrogen-bond donors (Lipinski definition) is 3. The van der Waals surface area contributed by atoms with Gasteiger partial charge in [-0.05, 0) is 61.8 Å². The molecule has 2 bridgehead atoms. The molecule has 1 aromatic carbocycles. The van der Waals surface area contributed by atoms with Crippen LogP contribution in [0.4, 0.5) is 16.2 Å². The van der Waals surface area contributed by atoms with Crippen LogP contribution in [0.1, 0.15) is 24.8 Å². The summed E-state index contributed by atoms with van der Waals surface area (Å²) in [6.45, 7) is 2.21. The van der Waals surface area contributed by atoms with Crippen LogP contribution in [0.2, 0.25) is 0 Å². The maximum absolute atomic E-state index is 12.3. The summed E-state index contributed by atoms with van der Waals surface area (Å²) < 4.78 is 0. The molecule has 0 saturated heterocycles. The molecule has 0 aliphatic heterocycles. The molecule has 5 heteroatoms. The third kappa shape index (κ3) is 3.15. The quantitative estimate of drug-likeness (QED) is 0.800. The van der Waals surface area contributed by atoms with Gasteiger partial charge in [0.25, 0.3) is 0 Å². The van der Waals surface area contributed by atoms with Crippen molar-refractivity contribution in [1.29, 1.82) is 0 Å². The van der Waals surface area contributed by atoms with Crippen LogP contribution in [-0.2, 0) is 0 Å². The molecule has 0 aromatic heterocycles. The second-order valence-corrected chi connectivity index (χ2v) is 7.20. The standard InChI is InChI=1S/C18H27N3O2/c1-11-8-14(6-7-16(11)21(2)3)19-18(23)20-17-13-5-4-12(9-13)15(17)10-22/h6-8,12-13,15,17,22H,4-5,9-10H2,1-3H3,(H2,19,20,23). The number of hydrogen-bond acceptors (Lipinski definition) is 3. The first-order chi connectivity index (χ1) is 11.0. The zero-order valence-corrected chi connectivity index (χ0v) is 14.2. The molecule has 4 unspecified atom stereocenters. The largest absolute Gasteiger partial charge is 0.396 e. The number of fused-ring (bicyclic) bond motifs is 2. The Kier molecular flexibility index (Phi) is 4.48. The Hall–Kier alpha value is -1.75. The molecule has 23 heavy (non-hydrogen) atoms. The fourth-order valence-corrected chi connectivity index (χ4v) is 4.45. The summed E-state index contributed by atoms with van der Waals surface area (Å²) >= 11 is 0. The van der Waals surface area contributed by atoms with Crippen molar-refractivity contribution in [2.75, 3.05) is 30.9 Å². The zero-order chi connectivity index (χ0) is 16.6. The molecular weight excluding hydrogens is 290 g/mol. The van der Waals surface area contributed by atoms with E-state index in [1.165, 1.54) is 12.8 Å². The third-order valence-electron chi connectivity index (χ3n) is 5.53. The van der Waals surface area contributed by atoms with Gasteiger partial charge in [0.15, 0.2) is 0 Å². The minimum absolute atomic E-state index is 0.112. The van der Waals surface area contributed by atoms with Gasteiger partial charge in [-0.3, -0.25) is 0 Å². The molecule has 3 N–H and O–H groups in total. The van der Waals surface area contributed by atoms with Gasteiger partial charge in [0.05, 0.1) is 0 Å². The summed E-state index contributed by atoms with van der Waals surface area (Å²) in [5.41, 5.74) is 3.07. The van der Waals surface area contributed by atoms with Gasteiger partial charge < -0.3 is 20.6 Å². The molecule has 2 saturated carbocycles. The Morgan fingerprint density at radius 3 is 2.70 bits per heavy atom. The van der Waals surface area contributed by atoms with Crippen LogP contribution in [0.15, 0.2) is 18.2 Å². The maximum atomic E-state index is 12.3. The second-order valence-electron chi connectivity index (χ2n) is 7.20. The first-order valence-electron chi connectivity index (χ1n) is 8.46. The Bertz CT molecular complexity index is 588. The van der Waals surface area contributed by atoms with Crippen molar-refractivity contribution in [2.45, 2.75) is 32.2 Å².